The summed E-state index contributed by atoms with van der Waals surface area (Å²) in [6, 6.07) is 7.12. The van der Waals surface area contributed by atoms with E-state index in [0.717, 1.165) is 12.8 Å². The van der Waals surface area contributed by atoms with E-state index in [1.807, 2.05) is 31.2 Å². The smallest absolute Gasteiger partial charge is 0.317 e. The van der Waals surface area contributed by atoms with Crippen molar-refractivity contribution in [3.63, 3.8) is 0 Å². The minimum atomic E-state index is -0.775. The number of para-hydroxylation sites is 2. The molecule has 1 aromatic rings. The highest BCUT2D eigenvalue weighted by Gasteiger charge is 2.55. The van der Waals surface area contributed by atoms with Gasteiger partial charge in [0.2, 0.25) is 0 Å². The number of benzene rings is 1. The first-order chi connectivity index (χ1) is 12.5. The van der Waals surface area contributed by atoms with Gasteiger partial charge in [-0.2, -0.15) is 0 Å². The van der Waals surface area contributed by atoms with Crippen LogP contribution >= 0.6 is 0 Å². The van der Waals surface area contributed by atoms with Crippen LogP contribution in [0.1, 0.15) is 26.2 Å². The fraction of sp³-hybridized carbons (Fsp3) is 0.579. The molecule has 1 saturated heterocycles. The summed E-state index contributed by atoms with van der Waals surface area (Å²) < 4.78 is 11.1. The second kappa shape index (κ2) is 7.43. The largest absolute Gasteiger partial charge is 0.493 e. The minimum absolute atomic E-state index is 0.0630. The molecule has 1 heterocycles. The number of carboxylic acids is 1. The van der Waals surface area contributed by atoms with Crippen LogP contribution in [0.25, 0.3) is 0 Å². The fourth-order valence-corrected chi connectivity index (χ4v) is 4.11. The van der Waals surface area contributed by atoms with E-state index in [-0.39, 0.29) is 18.1 Å². The molecule has 0 radical (unpaired) electrons. The maximum absolute atomic E-state index is 12.5. The van der Waals surface area contributed by atoms with Crippen molar-refractivity contribution in [3.05, 3.63) is 24.3 Å². The molecular weight excluding hydrogens is 336 g/mol. The van der Waals surface area contributed by atoms with Gasteiger partial charge in [-0.15, -0.1) is 0 Å². The molecule has 142 valence electrons. The number of hydrogen-bond donors (Lipinski definition) is 2. The molecule has 3 atom stereocenters. The normalized spacial score (nSPS) is 25.5. The van der Waals surface area contributed by atoms with Gasteiger partial charge in [-0.25, -0.2) is 4.79 Å². The number of nitrogens with zero attached hydrogens (tertiary/aromatic N) is 1. The Morgan fingerprint density at radius 1 is 1.38 bits per heavy atom. The number of carbonyl (C=O) groups excluding carboxylic acids is 1. The lowest BCUT2D eigenvalue weighted by Crippen LogP contribution is -2.44. The Hall–Kier alpha value is -2.44. The third-order valence-electron chi connectivity index (χ3n) is 5.52. The summed E-state index contributed by atoms with van der Waals surface area (Å²) >= 11 is 0. The number of urea groups is 1. The van der Waals surface area contributed by atoms with E-state index in [2.05, 4.69) is 5.32 Å². The molecule has 0 bridgehead atoms. The molecule has 3 rings (SSSR count). The number of carbonyl (C=O) groups is 2. The third-order valence-corrected chi connectivity index (χ3v) is 5.52. The zero-order valence-electron chi connectivity index (χ0n) is 15.2. The van der Waals surface area contributed by atoms with Gasteiger partial charge in [0.15, 0.2) is 11.5 Å². The van der Waals surface area contributed by atoms with Crippen LogP contribution in [-0.2, 0) is 4.79 Å². The van der Waals surface area contributed by atoms with Gasteiger partial charge in [-0.3, -0.25) is 4.79 Å². The number of aliphatic carboxylic acids is 1. The van der Waals surface area contributed by atoms with E-state index in [9.17, 15) is 14.7 Å². The van der Waals surface area contributed by atoms with E-state index < -0.39 is 11.4 Å². The molecule has 1 aliphatic carbocycles. The molecule has 2 N–H and O–H groups in total. The van der Waals surface area contributed by atoms with Crippen molar-refractivity contribution in [1.82, 2.24) is 10.2 Å². The zero-order valence-corrected chi connectivity index (χ0v) is 15.2. The Bertz CT molecular complexity index is 680. The SMILES string of the molecule is COc1ccccc1OC(C)CNC(=O)N1C[C@@H]2CCC[C@@]2(C(=O)O)C1. The molecule has 1 aromatic carbocycles. The highest BCUT2D eigenvalue weighted by atomic mass is 16.5. The number of fused-ring (bicyclic) bond motifs is 1. The lowest BCUT2D eigenvalue weighted by Gasteiger charge is -2.24. The molecule has 1 saturated carbocycles. The van der Waals surface area contributed by atoms with E-state index in [1.165, 1.54) is 0 Å². The predicted molar refractivity (Wildman–Crippen MR) is 95.5 cm³/mol. The van der Waals surface area contributed by atoms with E-state index >= 15 is 0 Å². The first-order valence-electron chi connectivity index (χ1n) is 9.02. The number of hydrogen-bond acceptors (Lipinski definition) is 4. The molecule has 26 heavy (non-hydrogen) atoms. The lowest BCUT2D eigenvalue weighted by molar-refractivity contribution is -0.149. The van der Waals surface area contributed by atoms with Gasteiger partial charge >= 0.3 is 12.0 Å². The third kappa shape index (κ3) is 3.43. The standard InChI is InChI=1S/C19H26N2O5/c1-13(26-16-8-4-3-7-15(16)25-2)10-20-18(24)21-11-14-6-5-9-19(14,12-21)17(22)23/h3-4,7-8,13-14H,5-6,9-12H2,1-2H3,(H,20,24)(H,22,23)/t13?,14-,19+/m0/s1. The average molecular weight is 362 g/mol. The highest BCUT2D eigenvalue weighted by molar-refractivity contribution is 5.80. The van der Waals surface area contributed by atoms with Crippen molar-refractivity contribution in [2.24, 2.45) is 11.3 Å². The Labute approximate surface area is 153 Å². The number of likely N-dealkylation sites (tertiary alicyclic amines) is 1. The minimum Gasteiger partial charge on any atom is -0.493 e. The second-order valence-electron chi connectivity index (χ2n) is 7.20. The number of nitrogens with one attached hydrogen (secondary N) is 1. The molecule has 0 spiro atoms. The van der Waals surface area contributed by atoms with Gasteiger partial charge in [-0.1, -0.05) is 18.6 Å². The molecule has 7 nitrogen and oxygen atoms in total. The Kier molecular flexibility index (Phi) is 5.25. The van der Waals surface area contributed by atoms with Crippen LogP contribution < -0.4 is 14.8 Å². The highest BCUT2D eigenvalue weighted by Crippen LogP contribution is 2.48. The van der Waals surface area contributed by atoms with Crippen molar-refractivity contribution in [1.29, 1.82) is 0 Å². The van der Waals surface area contributed by atoms with Crippen LogP contribution in [0.2, 0.25) is 0 Å². The van der Waals surface area contributed by atoms with Crippen molar-refractivity contribution in [2.45, 2.75) is 32.3 Å². The van der Waals surface area contributed by atoms with Gasteiger partial charge in [-0.05, 0) is 37.8 Å². The number of ether oxygens (including phenoxy) is 2. The number of amides is 2. The van der Waals surface area contributed by atoms with Crippen LogP contribution in [0.5, 0.6) is 11.5 Å². The molecule has 7 heteroatoms. The average Bonchev–Trinajstić information content (AvgIpc) is 3.18. The first-order valence-corrected chi connectivity index (χ1v) is 9.02. The molecule has 2 amide bonds. The van der Waals surface area contributed by atoms with E-state index in [1.54, 1.807) is 12.0 Å². The van der Waals surface area contributed by atoms with Crippen LogP contribution in [0.4, 0.5) is 4.79 Å². The van der Waals surface area contributed by atoms with Gasteiger partial charge < -0.3 is 24.8 Å². The van der Waals surface area contributed by atoms with Crippen LogP contribution in [-0.4, -0.2) is 54.9 Å². The summed E-state index contributed by atoms with van der Waals surface area (Å²) in [5, 5.41) is 12.5. The van der Waals surface area contributed by atoms with Crippen molar-refractivity contribution < 1.29 is 24.2 Å². The molecule has 2 aliphatic rings. The van der Waals surface area contributed by atoms with Crippen LogP contribution in [0.3, 0.4) is 0 Å². The van der Waals surface area contributed by atoms with Gasteiger partial charge in [0.1, 0.15) is 6.10 Å². The first kappa shape index (κ1) is 18.4. The van der Waals surface area contributed by atoms with Crippen LogP contribution in [0.15, 0.2) is 24.3 Å². The molecular formula is C19H26N2O5. The van der Waals surface area contributed by atoms with E-state index in [0.29, 0.717) is 37.6 Å². The van der Waals surface area contributed by atoms with Gasteiger partial charge in [0.25, 0.3) is 0 Å². The zero-order chi connectivity index (χ0) is 18.7. The summed E-state index contributed by atoms with van der Waals surface area (Å²) in [5.41, 5.74) is -0.753. The van der Waals surface area contributed by atoms with Gasteiger partial charge in [0, 0.05) is 13.1 Å². The summed E-state index contributed by atoms with van der Waals surface area (Å²) in [7, 11) is 1.58. The molecule has 1 unspecified atom stereocenters. The van der Waals surface area contributed by atoms with Crippen molar-refractivity contribution >= 4 is 12.0 Å². The predicted octanol–water partition coefficient (Wildman–Crippen LogP) is 2.36. The maximum atomic E-state index is 12.5. The van der Waals surface area contributed by atoms with Crippen LogP contribution in [0, 0.1) is 11.3 Å². The fourth-order valence-electron chi connectivity index (χ4n) is 4.11. The van der Waals surface area contributed by atoms with Crippen molar-refractivity contribution in [3.8, 4) is 11.5 Å². The van der Waals surface area contributed by atoms with Crippen molar-refractivity contribution in [2.75, 3.05) is 26.7 Å². The summed E-state index contributed by atoms with van der Waals surface area (Å²) in [5.74, 6) is 0.551. The monoisotopic (exact) mass is 362 g/mol. The van der Waals surface area contributed by atoms with E-state index in [4.69, 9.17) is 9.47 Å². The summed E-state index contributed by atoms with van der Waals surface area (Å²) in [6.45, 7) is 3.00. The second-order valence-corrected chi connectivity index (χ2v) is 7.20. The quantitative estimate of drug-likeness (QED) is 0.811. The Balaban J connectivity index is 1.52. The van der Waals surface area contributed by atoms with Gasteiger partial charge in [0.05, 0.1) is 19.1 Å². The molecule has 1 aliphatic heterocycles. The Morgan fingerprint density at radius 2 is 2.12 bits per heavy atom. The summed E-state index contributed by atoms with van der Waals surface area (Å²) in [4.78, 5) is 25.8. The summed E-state index contributed by atoms with van der Waals surface area (Å²) in [6.07, 6.45) is 2.22. The Morgan fingerprint density at radius 3 is 2.77 bits per heavy atom. The topological polar surface area (TPSA) is 88.1 Å². The maximum Gasteiger partial charge on any atom is 0.317 e. The number of methoxy groups -OCH3 is 1. The number of rotatable bonds is 6. The lowest BCUT2D eigenvalue weighted by atomic mass is 9.81. The molecule has 2 fully saturated rings. The number of carboxylic acid groups (broad SMARTS) is 1. The molecule has 0 aromatic heterocycles.